The van der Waals surface area contributed by atoms with E-state index in [-0.39, 0.29) is 11.9 Å². The zero-order valence-electron chi connectivity index (χ0n) is 11.4. The monoisotopic (exact) mass is 291 g/mol. The number of halogens is 1. The van der Waals surface area contributed by atoms with E-state index in [9.17, 15) is 4.39 Å². The summed E-state index contributed by atoms with van der Waals surface area (Å²) in [4.78, 5) is 1.22. The van der Waals surface area contributed by atoms with E-state index in [0.717, 1.165) is 5.56 Å². The molecule has 1 aliphatic carbocycles. The van der Waals surface area contributed by atoms with E-state index in [0.29, 0.717) is 18.3 Å². The summed E-state index contributed by atoms with van der Waals surface area (Å²) in [6.07, 6.45) is 2.41. The van der Waals surface area contributed by atoms with Gasteiger partial charge in [0, 0.05) is 4.88 Å². The molecule has 0 aliphatic heterocycles. The maximum Gasteiger partial charge on any atom is 0.165 e. The number of thiophene rings is 1. The lowest BCUT2D eigenvalue weighted by molar-refractivity contribution is 0.285. The van der Waals surface area contributed by atoms with Crippen molar-refractivity contribution in [2.45, 2.75) is 18.9 Å². The zero-order chi connectivity index (χ0) is 13.9. The molecule has 0 radical (unpaired) electrons. The van der Waals surface area contributed by atoms with Crippen molar-refractivity contribution in [3.63, 3.8) is 0 Å². The third kappa shape index (κ3) is 3.02. The molecular formula is C16H18FNOS. The Bertz CT molecular complexity index is 566. The van der Waals surface area contributed by atoms with Crippen molar-refractivity contribution in [1.82, 2.24) is 5.32 Å². The molecule has 1 atom stereocenters. The number of hydrogen-bond donors (Lipinski definition) is 1. The predicted octanol–water partition coefficient (Wildman–Crippen LogP) is 3.98. The molecule has 1 heterocycles. The highest BCUT2D eigenvalue weighted by atomic mass is 32.1. The second-order valence-corrected chi connectivity index (χ2v) is 6.16. The van der Waals surface area contributed by atoms with Gasteiger partial charge in [-0.25, -0.2) is 4.39 Å². The van der Waals surface area contributed by atoms with Crippen molar-refractivity contribution >= 4 is 11.3 Å². The number of benzene rings is 1. The average Bonchev–Trinajstić information content (AvgIpc) is 3.14. The lowest BCUT2D eigenvalue weighted by Gasteiger charge is -2.16. The molecule has 0 unspecified atom stereocenters. The van der Waals surface area contributed by atoms with Gasteiger partial charge in [0.2, 0.25) is 0 Å². The van der Waals surface area contributed by atoms with Crippen LogP contribution < -0.4 is 10.1 Å². The van der Waals surface area contributed by atoms with Crippen molar-refractivity contribution in [1.29, 1.82) is 0 Å². The van der Waals surface area contributed by atoms with Crippen LogP contribution in [-0.4, -0.2) is 13.7 Å². The van der Waals surface area contributed by atoms with Crippen molar-refractivity contribution < 1.29 is 9.13 Å². The van der Waals surface area contributed by atoms with Gasteiger partial charge in [-0.05, 0) is 54.9 Å². The van der Waals surface area contributed by atoms with E-state index < -0.39 is 0 Å². The third-order valence-corrected chi connectivity index (χ3v) is 4.51. The largest absolute Gasteiger partial charge is 0.490 e. The van der Waals surface area contributed by atoms with Gasteiger partial charge in [0.15, 0.2) is 11.6 Å². The number of ether oxygens (including phenoxy) is 1. The van der Waals surface area contributed by atoms with Crippen LogP contribution in [0.5, 0.6) is 5.75 Å². The van der Waals surface area contributed by atoms with E-state index >= 15 is 0 Å². The summed E-state index contributed by atoms with van der Waals surface area (Å²) in [7, 11) is 1.92. The molecular weight excluding hydrogens is 273 g/mol. The minimum atomic E-state index is -0.282. The van der Waals surface area contributed by atoms with Crippen LogP contribution in [0.15, 0.2) is 35.7 Å². The molecule has 1 aromatic heterocycles. The first-order chi connectivity index (χ1) is 9.78. The Morgan fingerprint density at radius 3 is 2.90 bits per heavy atom. The first kappa shape index (κ1) is 13.6. The summed E-state index contributed by atoms with van der Waals surface area (Å²) in [6.45, 7) is 0.629. The Labute approximate surface area is 122 Å². The van der Waals surface area contributed by atoms with Gasteiger partial charge in [0.05, 0.1) is 12.6 Å². The Balaban J connectivity index is 1.82. The topological polar surface area (TPSA) is 21.3 Å². The first-order valence-electron chi connectivity index (χ1n) is 6.91. The highest BCUT2D eigenvalue weighted by Gasteiger charge is 2.23. The molecule has 20 heavy (non-hydrogen) atoms. The van der Waals surface area contributed by atoms with Gasteiger partial charge in [-0.15, -0.1) is 11.3 Å². The fourth-order valence-corrected chi connectivity index (χ4v) is 3.09. The zero-order valence-corrected chi connectivity index (χ0v) is 12.3. The molecule has 1 N–H and O–H groups in total. The van der Waals surface area contributed by atoms with E-state index in [1.165, 1.54) is 23.8 Å². The highest BCUT2D eigenvalue weighted by molar-refractivity contribution is 7.10. The summed E-state index contributed by atoms with van der Waals surface area (Å²) in [5.41, 5.74) is 1.03. The molecule has 2 aromatic rings. The van der Waals surface area contributed by atoms with Crippen molar-refractivity contribution in [3.05, 3.63) is 52.0 Å². The van der Waals surface area contributed by atoms with Crippen LogP contribution in [0.2, 0.25) is 0 Å². The fraction of sp³-hybridized carbons (Fsp3) is 0.375. The lowest BCUT2D eigenvalue weighted by Crippen LogP contribution is -2.16. The standard InChI is InChI=1S/C16H18FNOS/c1-18-16(15-3-2-8-20-15)12-6-7-13(17)14(9-12)19-10-11-4-5-11/h2-3,6-9,11,16,18H,4-5,10H2,1H3/t16-/m0/s1. The van der Waals surface area contributed by atoms with Gasteiger partial charge < -0.3 is 10.1 Å². The smallest absolute Gasteiger partial charge is 0.165 e. The van der Waals surface area contributed by atoms with Crippen LogP contribution in [0, 0.1) is 11.7 Å². The molecule has 1 aliphatic rings. The maximum atomic E-state index is 13.8. The summed E-state index contributed by atoms with van der Waals surface area (Å²) in [5, 5.41) is 5.33. The third-order valence-electron chi connectivity index (χ3n) is 3.58. The quantitative estimate of drug-likeness (QED) is 0.869. The highest BCUT2D eigenvalue weighted by Crippen LogP contribution is 2.32. The summed E-state index contributed by atoms with van der Waals surface area (Å²) >= 11 is 1.69. The molecule has 3 rings (SSSR count). The molecule has 1 saturated carbocycles. The molecule has 0 saturated heterocycles. The van der Waals surface area contributed by atoms with E-state index in [4.69, 9.17) is 4.74 Å². The van der Waals surface area contributed by atoms with Crippen LogP contribution in [-0.2, 0) is 0 Å². The summed E-state index contributed by atoms with van der Waals surface area (Å²) in [5.74, 6) is 0.706. The molecule has 106 valence electrons. The predicted molar refractivity (Wildman–Crippen MR) is 79.8 cm³/mol. The number of nitrogens with one attached hydrogen (secondary N) is 1. The SMILES string of the molecule is CN[C@@H](c1ccc(F)c(OCC2CC2)c1)c1cccs1. The second-order valence-electron chi connectivity index (χ2n) is 5.18. The van der Waals surface area contributed by atoms with Crippen molar-refractivity contribution in [2.75, 3.05) is 13.7 Å². The van der Waals surface area contributed by atoms with Crippen molar-refractivity contribution in [2.24, 2.45) is 5.92 Å². The average molecular weight is 291 g/mol. The number of rotatable bonds is 6. The van der Waals surface area contributed by atoms with Crippen LogP contribution in [0.25, 0.3) is 0 Å². The summed E-state index contributed by atoms with van der Waals surface area (Å²) in [6, 6.07) is 9.32. The van der Waals surface area contributed by atoms with E-state index in [1.54, 1.807) is 11.3 Å². The first-order valence-corrected chi connectivity index (χ1v) is 7.79. The minimum absolute atomic E-state index is 0.0823. The van der Waals surface area contributed by atoms with Crippen LogP contribution in [0.3, 0.4) is 0 Å². The van der Waals surface area contributed by atoms with Crippen LogP contribution >= 0.6 is 11.3 Å². The Hall–Kier alpha value is -1.39. The van der Waals surface area contributed by atoms with E-state index in [1.807, 2.05) is 30.6 Å². The van der Waals surface area contributed by atoms with Gasteiger partial charge >= 0.3 is 0 Å². The van der Waals surface area contributed by atoms with Gasteiger partial charge in [0.1, 0.15) is 0 Å². The van der Waals surface area contributed by atoms with Gasteiger partial charge in [-0.3, -0.25) is 0 Å². The summed E-state index contributed by atoms with van der Waals surface area (Å²) < 4.78 is 19.4. The minimum Gasteiger partial charge on any atom is -0.490 e. The molecule has 0 spiro atoms. The van der Waals surface area contributed by atoms with Crippen molar-refractivity contribution in [3.8, 4) is 5.75 Å². The van der Waals surface area contributed by atoms with E-state index in [2.05, 4.69) is 11.4 Å². The lowest BCUT2D eigenvalue weighted by atomic mass is 10.1. The Morgan fingerprint density at radius 2 is 2.25 bits per heavy atom. The molecule has 0 bridgehead atoms. The van der Waals surface area contributed by atoms with Crippen LogP contribution in [0.1, 0.15) is 29.3 Å². The molecule has 4 heteroatoms. The molecule has 1 fully saturated rings. The Kier molecular flexibility index (Phi) is 4.03. The fourth-order valence-electron chi connectivity index (χ4n) is 2.23. The molecule has 0 amide bonds. The van der Waals surface area contributed by atoms with Gasteiger partial charge in [-0.2, -0.15) is 0 Å². The van der Waals surface area contributed by atoms with Gasteiger partial charge in [-0.1, -0.05) is 12.1 Å². The van der Waals surface area contributed by atoms with Gasteiger partial charge in [0.25, 0.3) is 0 Å². The maximum absolute atomic E-state index is 13.8. The Morgan fingerprint density at radius 1 is 1.40 bits per heavy atom. The van der Waals surface area contributed by atoms with Crippen LogP contribution in [0.4, 0.5) is 4.39 Å². The second kappa shape index (κ2) is 5.94. The number of hydrogen-bond acceptors (Lipinski definition) is 3. The molecule has 1 aromatic carbocycles. The molecule has 2 nitrogen and oxygen atoms in total. The normalized spacial score (nSPS) is 16.1.